The predicted molar refractivity (Wildman–Crippen MR) is 112 cm³/mol. The predicted octanol–water partition coefficient (Wildman–Crippen LogP) is 5.74. The van der Waals surface area contributed by atoms with Gasteiger partial charge in [-0.1, -0.05) is 32.1 Å². The zero-order valence-corrected chi connectivity index (χ0v) is 17.6. The van der Waals surface area contributed by atoms with Crippen LogP contribution in [0.1, 0.15) is 83.0 Å². The number of amides is 1. The third-order valence-electron chi connectivity index (χ3n) is 4.63. The molecule has 6 heteroatoms. The van der Waals surface area contributed by atoms with Crippen molar-refractivity contribution in [1.29, 1.82) is 0 Å². The average molecular weight is 391 g/mol. The molecule has 0 aliphatic heterocycles. The number of esters is 1. The summed E-state index contributed by atoms with van der Waals surface area (Å²) in [6.45, 7) is 7.51. The minimum absolute atomic E-state index is 0.301. The fraction of sp³-hybridized carbons (Fsp3) is 0.636. The zero-order valence-electron chi connectivity index (χ0n) is 17.6. The Morgan fingerprint density at radius 1 is 1.04 bits per heavy atom. The highest BCUT2D eigenvalue weighted by atomic mass is 16.6. The Labute approximate surface area is 168 Å². The van der Waals surface area contributed by atoms with E-state index in [2.05, 4.69) is 10.6 Å². The Bertz CT molecular complexity index is 659. The number of ether oxygens (including phenoxy) is 2. The van der Waals surface area contributed by atoms with Gasteiger partial charge in [-0.15, -0.1) is 0 Å². The Balaban J connectivity index is 2.21. The summed E-state index contributed by atoms with van der Waals surface area (Å²) in [7, 11) is 0. The van der Waals surface area contributed by atoms with Gasteiger partial charge < -0.3 is 14.8 Å². The van der Waals surface area contributed by atoms with Crippen LogP contribution < -0.4 is 10.6 Å². The van der Waals surface area contributed by atoms with Gasteiger partial charge in [-0.3, -0.25) is 5.32 Å². The van der Waals surface area contributed by atoms with Crippen LogP contribution in [-0.2, 0) is 9.47 Å². The maximum Gasteiger partial charge on any atom is 0.412 e. The molecule has 6 nitrogen and oxygen atoms in total. The van der Waals surface area contributed by atoms with Crippen molar-refractivity contribution < 1.29 is 19.1 Å². The van der Waals surface area contributed by atoms with Crippen LogP contribution in [0.4, 0.5) is 16.2 Å². The average Bonchev–Trinajstić information content (AvgIpc) is 2.56. The molecule has 0 aromatic heterocycles. The van der Waals surface area contributed by atoms with E-state index in [0.717, 1.165) is 18.5 Å². The lowest BCUT2D eigenvalue weighted by atomic mass is 9.96. The molecule has 1 fully saturated rings. The Kier molecular flexibility index (Phi) is 8.15. The third kappa shape index (κ3) is 7.41. The SMILES string of the molecule is CCOC(=O)c1ccc(NC2CCCCCCC2)c(NC(=O)OC(C)(C)C)c1. The van der Waals surface area contributed by atoms with Crippen molar-refractivity contribution in [2.45, 2.75) is 84.3 Å². The van der Waals surface area contributed by atoms with E-state index >= 15 is 0 Å². The van der Waals surface area contributed by atoms with Crippen LogP contribution in [-0.4, -0.2) is 30.3 Å². The normalized spacial score (nSPS) is 15.9. The van der Waals surface area contributed by atoms with E-state index < -0.39 is 17.7 Å². The molecule has 0 radical (unpaired) electrons. The van der Waals surface area contributed by atoms with Crippen LogP contribution in [0.25, 0.3) is 0 Å². The van der Waals surface area contributed by atoms with Crippen LogP contribution >= 0.6 is 0 Å². The first kappa shape index (κ1) is 22.1. The van der Waals surface area contributed by atoms with E-state index in [-0.39, 0.29) is 0 Å². The van der Waals surface area contributed by atoms with Crippen LogP contribution in [0.2, 0.25) is 0 Å². The lowest BCUT2D eigenvalue weighted by molar-refractivity contribution is 0.0524. The van der Waals surface area contributed by atoms with E-state index in [9.17, 15) is 9.59 Å². The second-order valence-electron chi connectivity index (χ2n) is 8.29. The van der Waals surface area contributed by atoms with Crippen LogP contribution in [0, 0.1) is 0 Å². The summed E-state index contributed by atoms with van der Waals surface area (Å²) in [5.74, 6) is -0.410. The van der Waals surface area contributed by atoms with Gasteiger partial charge in [0.25, 0.3) is 0 Å². The van der Waals surface area contributed by atoms with Gasteiger partial charge in [0.15, 0.2) is 0 Å². The molecule has 2 rings (SSSR count). The van der Waals surface area contributed by atoms with Gasteiger partial charge in [0.2, 0.25) is 0 Å². The van der Waals surface area contributed by atoms with Crippen molar-refractivity contribution in [2.24, 2.45) is 0 Å². The fourth-order valence-electron chi connectivity index (χ4n) is 3.35. The molecule has 1 aliphatic rings. The van der Waals surface area contributed by atoms with Gasteiger partial charge in [-0.05, 0) is 58.7 Å². The molecule has 1 aromatic rings. The van der Waals surface area contributed by atoms with Gasteiger partial charge in [-0.25, -0.2) is 9.59 Å². The van der Waals surface area contributed by atoms with E-state index in [1.54, 1.807) is 19.1 Å². The van der Waals surface area contributed by atoms with E-state index in [1.807, 2.05) is 26.8 Å². The second kappa shape index (κ2) is 10.3. The molecule has 1 aliphatic carbocycles. The molecule has 156 valence electrons. The van der Waals surface area contributed by atoms with Crippen LogP contribution in [0.5, 0.6) is 0 Å². The first-order valence-corrected chi connectivity index (χ1v) is 10.4. The van der Waals surface area contributed by atoms with E-state index in [1.165, 1.54) is 32.1 Å². The zero-order chi connectivity index (χ0) is 20.6. The number of nitrogens with one attached hydrogen (secondary N) is 2. The van der Waals surface area contributed by atoms with Crippen LogP contribution in [0.15, 0.2) is 18.2 Å². The molecule has 0 saturated heterocycles. The monoisotopic (exact) mass is 390 g/mol. The highest BCUT2D eigenvalue weighted by molar-refractivity contribution is 5.96. The summed E-state index contributed by atoms with van der Waals surface area (Å²) >= 11 is 0. The molecule has 1 saturated carbocycles. The Morgan fingerprint density at radius 3 is 2.29 bits per heavy atom. The number of anilines is 2. The highest BCUT2D eigenvalue weighted by Crippen LogP contribution is 2.28. The number of hydrogen-bond donors (Lipinski definition) is 2. The maximum atomic E-state index is 12.3. The van der Waals surface area contributed by atoms with Crippen molar-refractivity contribution >= 4 is 23.4 Å². The third-order valence-corrected chi connectivity index (χ3v) is 4.63. The first-order valence-electron chi connectivity index (χ1n) is 10.4. The molecule has 1 amide bonds. The summed E-state index contributed by atoms with van der Waals surface area (Å²) in [6.07, 6.45) is 7.91. The Hall–Kier alpha value is -2.24. The highest BCUT2D eigenvalue weighted by Gasteiger charge is 2.20. The molecule has 1 aromatic carbocycles. The van der Waals surface area contributed by atoms with Crippen molar-refractivity contribution in [3.8, 4) is 0 Å². The molecule has 2 N–H and O–H groups in total. The van der Waals surface area contributed by atoms with Crippen molar-refractivity contribution in [2.75, 3.05) is 17.2 Å². The first-order chi connectivity index (χ1) is 13.3. The van der Waals surface area contributed by atoms with Gasteiger partial charge in [0, 0.05) is 6.04 Å². The van der Waals surface area contributed by atoms with Crippen molar-refractivity contribution in [3.05, 3.63) is 23.8 Å². The number of carbonyl (C=O) groups is 2. The van der Waals surface area contributed by atoms with Crippen molar-refractivity contribution in [3.63, 3.8) is 0 Å². The minimum atomic E-state index is -0.601. The number of rotatable bonds is 5. The summed E-state index contributed by atoms with van der Waals surface area (Å²) in [5, 5.41) is 6.35. The largest absolute Gasteiger partial charge is 0.462 e. The smallest absolute Gasteiger partial charge is 0.412 e. The van der Waals surface area contributed by atoms with E-state index in [0.29, 0.717) is 23.9 Å². The molecule has 0 bridgehead atoms. The standard InChI is InChI=1S/C22H34N2O4/c1-5-27-20(25)16-13-14-18(23-17-11-9-7-6-8-10-12-17)19(15-16)24-21(26)28-22(2,3)4/h13-15,17,23H,5-12H2,1-4H3,(H,24,26). The molecular weight excluding hydrogens is 356 g/mol. The maximum absolute atomic E-state index is 12.3. The molecule has 0 spiro atoms. The fourth-order valence-corrected chi connectivity index (χ4v) is 3.35. The summed E-state index contributed by atoms with van der Waals surface area (Å²) in [4.78, 5) is 24.4. The molecule has 28 heavy (non-hydrogen) atoms. The number of benzene rings is 1. The number of carbonyl (C=O) groups excluding carboxylic acids is 2. The van der Waals surface area contributed by atoms with Gasteiger partial charge in [0.05, 0.1) is 23.5 Å². The molecular formula is C22H34N2O4. The van der Waals surface area contributed by atoms with Crippen molar-refractivity contribution in [1.82, 2.24) is 0 Å². The topological polar surface area (TPSA) is 76.7 Å². The lowest BCUT2D eigenvalue weighted by Gasteiger charge is -2.25. The summed E-state index contributed by atoms with van der Waals surface area (Å²) in [6, 6.07) is 5.56. The van der Waals surface area contributed by atoms with Gasteiger partial charge in [0.1, 0.15) is 5.60 Å². The summed E-state index contributed by atoms with van der Waals surface area (Å²) < 4.78 is 10.5. The quantitative estimate of drug-likeness (QED) is 0.627. The second-order valence-corrected chi connectivity index (χ2v) is 8.29. The lowest BCUT2D eigenvalue weighted by Crippen LogP contribution is -2.28. The van der Waals surface area contributed by atoms with E-state index in [4.69, 9.17) is 9.47 Å². The molecule has 0 atom stereocenters. The molecule has 0 heterocycles. The number of hydrogen-bond acceptors (Lipinski definition) is 5. The van der Waals surface area contributed by atoms with Crippen LogP contribution in [0.3, 0.4) is 0 Å². The molecule has 0 unspecified atom stereocenters. The Morgan fingerprint density at radius 2 is 1.68 bits per heavy atom. The van der Waals surface area contributed by atoms with Gasteiger partial charge >= 0.3 is 12.1 Å². The minimum Gasteiger partial charge on any atom is -0.462 e. The van der Waals surface area contributed by atoms with Gasteiger partial charge in [-0.2, -0.15) is 0 Å². The summed E-state index contributed by atoms with van der Waals surface area (Å²) in [5.41, 5.74) is 1.12.